The van der Waals surface area contributed by atoms with Crippen LogP contribution >= 0.6 is 27.5 Å². The minimum atomic E-state index is -0.298. The highest BCUT2D eigenvalue weighted by Crippen LogP contribution is 2.21. The van der Waals surface area contributed by atoms with Crippen LogP contribution in [-0.2, 0) is 0 Å². The summed E-state index contributed by atoms with van der Waals surface area (Å²) in [5.74, 6) is 0.960. The van der Waals surface area contributed by atoms with Crippen LogP contribution in [0, 0.1) is 5.82 Å². The average molecular weight is 296 g/mol. The molecule has 0 aliphatic heterocycles. The molecule has 0 aliphatic carbocycles. The molecule has 1 aromatic rings. The average Bonchev–Trinajstić information content (AvgIpc) is 2.23. The Hall–Kier alpha value is -0.280. The summed E-state index contributed by atoms with van der Waals surface area (Å²) in [6, 6.07) is 4.77. The van der Waals surface area contributed by atoms with E-state index in [1.54, 1.807) is 12.1 Å². The van der Waals surface area contributed by atoms with Gasteiger partial charge in [-0.1, -0.05) is 0 Å². The van der Waals surface area contributed by atoms with Crippen LogP contribution in [0.15, 0.2) is 22.7 Å². The summed E-state index contributed by atoms with van der Waals surface area (Å²) in [4.78, 5) is 0. The number of benzene rings is 1. The molecular formula is C11H13BrClFO. The lowest BCUT2D eigenvalue weighted by atomic mass is 10.2. The predicted octanol–water partition coefficient (Wildman–Crippen LogP) is 4.38. The van der Waals surface area contributed by atoms with Gasteiger partial charge in [0.25, 0.3) is 0 Å². The maximum atomic E-state index is 13.1. The maximum absolute atomic E-state index is 13.1. The van der Waals surface area contributed by atoms with Crippen molar-refractivity contribution in [3.05, 3.63) is 28.5 Å². The van der Waals surface area contributed by atoms with Crippen molar-refractivity contribution in [1.29, 1.82) is 0 Å². The molecule has 1 rings (SSSR count). The molecule has 0 unspecified atom stereocenters. The molecule has 0 N–H and O–H groups in total. The van der Waals surface area contributed by atoms with Gasteiger partial charge in [-0.3, -0.25) is 0 Å². The molecule has 84 valence electrons. The Balaban J connectivity index is 2.28. The molecule has 0 aliphatic rings. The number of ether oxygens (including phenoxy) is 1. The fraction of sp³-hybridized carbons (Fsp3) is 0.455. The largest absolute Gasteiger partial charge is 0.493 e. The summed E-state index contributed by atoms with van der Waals surface area (Å²) in [5.41, 5.74) is 0. The minimum Gasteiger partial charge on any atom is -0.493 e. The van der Waals surface area contributed by atoms with Crippen molar-refractivity contribution in [3.63, 3.8) is 0 Å². The van der Waals surface area contributed by atoms with Crippen LogP contribution < -0.4 is 4.74 Å². The molecule has 0 bridgehead atoms. The number of alkyl halides is 1. The Bertz CT molecular complexity index is 307. The number of halogens is 3. The summed E-state index contributed by atoms with van der Waals surface area (Å²) in [6.45, 7) is 0.609. The highest BCUT2D eigenvalue weighted by Gasteiger charge is 2.00. The van der Waals surface area contributed by atoms with Gasteiger partial charge >= 0.3 is 0 Å². The molecule has 1 nitrogen and oxygen atoms in total. The van der Waals surface area contributed by atoms with E-state index in [1.165, 1.54) is 6.07 Å². The Morgan fingerprint density at radius 1 is 1.27 bits per heavy atom. The van der Waals surface area contributed by atoms with Crippen LogP contribution in [0.5, 0.6) is 5.75 Å². The predicted molar refractivity (Wildman–Crippen MR) is 64.2 cm³/mol. The summed E-state index contributed by atoms with van der Waals surface area (Å²) in [5, 5.41) is 0. The quantitative estimate of drug-likeness (QED) is 0.559. The van der Waals surface area contributed by atoms with Crippen molar-refractivity contribution >= 4 is 27.5 Å². The highest BCUT2D eigenvalue weighted by molar-refractivity contribution is 9.10. The fourth-order valence-corrected chi connectivity index (χ4v) is 1.57. The van der Waals surface area contributed by atoms with Gasteiger partial charge < -0.3 is 4.74 Å². The molecule has 0 fully saturated rings. The number of hydrogen-bond donors (Lipinski definition) is 0. The van der Waals surface area contributed by atoms with E-state index in [2.05, 4.69) is 15.9 Å². The molecule has 0 spiro atoms. The van der Waals surface area contributed by atoms with E-state index in [9.17, 15) is 4.39 Å². The molecule has 0 amide bonds. The first-order chi connectivity index (χ1) is 7.24. The third kappa shape index (κ3) is 4.85. The maximum Gasteiger partial charge on any atom is 0.141 e. The van der Waals surface area contributed by atoms with Crippen molar-refractivity contribution < 1.29 is 9.13 Å². The molecule has 0 heterocycles. The molecule has 0 atom stereocenters. The molecule has 15 heavy (non-hydrogen) atoms. The third-order valence-corrected chi connectivity index (χ3v) is 2.85. The Labute approximate surface area is 103 Å². The second-order valence-corrected chi connectivity index (χ2v) is 4.41. The van der Waals surface area contributed by atoms with E-state index in [4.69, 9.17) is 16.3 Å². The second kappa shape index (κ2) is 7.07. The highest BCUT2D eigenvalue weighted by atomic mass is 79.9. The fourth-order valence-electron chi connectivity index (χ4n) is 1.13. The van der Waals surface area contributed by atoms with Gasteiger partial charge in [0.1, 0.15) is 11.6 Å². The third-order valence-electron chi connectivity index (χ3n) is 1.94. The van der Waals surface area contributed by atoms with Crippen LogP contribution in [-0.4, -0.2) is 12.5 Å². The van der Waals surface area contributed by atoms with Crippen LogP contribution in [0.3, 0.4) is 0 Å². The molecular weight excluding hydrogens is 282 g/mol. The van der Waals surface area contributed by atoms with Crippen molar-refractivity contribution in [1.82, 2.24) is 0 Å². The van der Waals surface area contributed by atoms with Crippen molar-refractivity contribution in [3.8, 4) is 5.75 Å². The molecule has 0 radical (unpaired) electrons. The van der Waals surface area contributed by atoms with Crippen molar-refractivity contribution in [2.24, 2.45) is 0 Å². The normalized spacial score (nSPS) is 10.3. The summed E-state index contributed by atoms with van der Waals surface area (Å²) < 4.78 is 18.9. The Morgan fingerprint density at radius 2 is 2.07 bits per heavy atom. The van der Waals surface area contributed by atoms with Crippen LogP contribution in [0.2, 0.25) is 0 Å². The van der Waals surface area contributed by atoms with Crippen LogP contribution in [0.4, 0.5) is 4.39 Å². The summed E-state index contributed by atoms with van der Waals surface area (Å²) in [7, 11) is 0. The summed E-state index contributed by atoms with van der Waals surface area (Å²) >= 11 is 8.63. The van der Waals surface area contributed by atoms with E-state index in [1.807, 2.05) is 0 Å². The monoisotopic (exact) mass is 294 g/mol. The first kappa shape index (κ1) is 12.8. The topological polar surface area (TPSA) is 9.23 Å². The van der Waals surface area contributed by atoms with Gasteiger partial charge in [0, 0.05) is 11.9 Å². The zero-order valence-corrected chi connectivity index (χ0v) is 10.7. The lowest BCUT2D eigenvalue weighted by Crippen LogP contribution is -1.97. The van der Waals surface area contributed by atoms with E-state index in [0.717, 1.165) is 19.3 Å². The van der Waals surface area contributed by atoms with Crippen LogP contribution in [0.1, 0.15) is 19.3 Å². The van der Waals surface area contributed by atoms with Crippen molar-refractivity contribution in [2.75, 3.05) is 12.5 Å². The Kier molecular flexibility index (Phi) is 6.03. The van der Waals surface area contributed by atoms with E-state index in [0.29, 0.717) is 22.7 Å². The minimum absolute atomic E-state index is 0.298. The first-order valence-electron chi connectivity index (χ1n) is 4.88. The molecule has 0 aromatic heterocycles. The zero-order chi connectivity index (χ0) is 11.1. The summed E-state index contributed by atoms with van der Waals surface area (Å²) in [6.07, 6.45) is 2.99. The number of hydrogen-bond acceptors (Lipinski definition) is 1. The molecule has 0 saturated heterocycles. The van der Waals surface area contributed by atoms with Crippen LogP contribution in [0.25, 0.3) is 0 Å². The van der Waals surface area contributed by atoms with E-state index in [-0.39, 0.29) is 5.82 Å². The second-order valence-electron chi connectivity index (χ2n) is 3.17. The SMILES string of the molecule is Fc1cc(OCCCCCCl)ccc1Br. The lowest BCUT2D eigenvalue weighted by molar-refractivity contribution is 0.305. The van der Waals surface area contributed by atoms with E-state index >= 15 is 0 Å². The Morgan fingerprint density at radius 3 is 2.73 bits per heavy atom. The van der Waals surface area contributed by atoms with Gasteiger partial charge in [-0.05, 0) is 47.3 Å². The van der Waals surface area contributed by atoms with Gasteiger partial charge in [0.05, 0.1) is 11.1 Å². The zero-order valence-electron chi connectivity index (χ0n) is 8.31. The smallest absolute Gasteiger partial charge is 0.141 e. The standard InChI is InChI=1S/C11H13BrClFO/c12-10-5-4-9(8-11(10)14)15-7-3-1-2-6-13/h4-5,8H,1-3,6-7H2. The van der Waals surface area contributed by atoms with Gasteiger partial charge in [-0.2, -0.15) is 0 Å². The van der Waals surface area contributed by atoms with Gasteiger partial charge in [-0.25, -0.2) is 4.39 Å². The number of rotatable bonds is 6. The van der Waals surface area contributed by atoms with E-state index < -0.39 is 0 Å². The van der Waals surface area contributed by atoms with Gasteiger partial charge in [-0.15, -0.1) is 11.6 Å². The van der Waals surface area contributed by atoms with Crippen molar-refractivity contribution in [2.45, 2.75) is 19.3 Å². The van der Waals surface area contributed by atoms with Gasteiger partial charge in [0.2, 0.25) is 0 Å². The molecule has 4 heteroatoms. The first-order valence-corrected chi connectivity index (χ1v) is 6.20. The lowest BCUT2D eigenvalue weighted by Gasteiger charge is -2.06. The molecule has 1 aromatic carbocycles. The van der Waals surface area contributed by atoms with Gasteiger partial charge in [0.15, 0.2) is 0 Å². The number of unbranched alkanes of at least 4 members (excludes halogenated alkanes) is 2. The molecule has 0 saturated carbocycles.